The van der Waals surface area contributed by atoms with Crippen molar-refractivity contribution in [3.05, 3.63) is 33.8 Å². The fourth-order valence-corrected chi connectivity index (χ4v) is 2.68. The van der Waals surface area contributed by atoms with Gasteiger partial charge in [-0.15, -0.1) is 0 Å². The summed E-state index contributed by atoms with van der Waals surface area (Å²) in [6.07, 6.45) is 4.47. The number of hydrogen-bond donors (Lipinski definition) is 1. The zero-order chi connectivity index (χ0) is 12.5. The third-order valence-corrected chi connectivity index (χ3v) is 4.30. The van der Waals surface area contributed by atoms with Crippen molar-refractivity contribution in [3.63, 3.8) is 0 Å². The quantitative estimate of drug-likeness (QED) is 0.902. The van der Waals surface area contributed by atoms with E-state index >= 15 is 0 Å². The molecule has 17 heavy (non-hydrogen) atoms. The monoisotopic (exact) mass is 295 g/mol. The molecule has 1 aliphatic rings. The Labute approximate surface area is 111 Å². The Balaban J connectivity index is 2.17. The smallest absolute Gasteiger partial charge is 0.252 e. The summed E-state index contributed by atoms with van der Waals surface area (Å²) in [5.41, 5.74) is 1.86. The zero-order valence-electron chi connectivity index (χ0n) is 10.3. The SMILES string of the molecule is CCC1(NC(=O)c2cc(Br)ccc2C)CCC1. The van der Waals surface area contributed by atoms with Gasteiger partial charge < -0.3 is 5.32 Å². The van der Waals surface area contributed by atoms with Crippen molar-refractivity contribution in [2.24, 2.45) is 0 Å². The molecule has 2 nitrogen and oxygen atoms in total. The van der Waals surface area contributed by atoms with Crippen LogP contribution in [0, 0.1) is 6.92 Å². The summed E-state index contributed by atoms with van der Waals surface area (Å²) in [5.74, 6) is 0.0605. The molecule has 1 aliphatic carbocycles. The molecular formula is C14H18BrNO. The van der Waals surface area contributed by atoms with Crippen molar-refractivity contribution in [3.8, 4) is 0 Å². The Bertz CT molecular complexity index is 432. The number of rotatable bonds is 3. The average molecular weight is 296 g/mol. The van der Waals surface area contributed by atoms with E-state index in [2.05, 4.69) is 28.2 Å². The molecule has 0 aromatic heterocycles. The van der Waals surface area contributed by atoms with Gasteiger partial charge in [0.15, 0.2) is 0 Å². The van der Waals surface area contributed by atoms with Gasteiger partial charge in [0.2, 0.25) is 0 Å². The normalized spacial score (nSPS) is 17.4. The highest BCUT2D eigenvalue weighted by Gasteiger charge is 2.36. The van der Waals surface area contributed by atoms with Crippen LogP contribution in [0.25, 0.3) is 0 Å². The Kier molecular flexibility index (Phi) is 3.57. The molecule has 0 unspecified atom stereocenters. The highest BCUT2D eigenvalue weighted by Crippen LogP contribution is 2.35. The first-order chi connectivity index (χ1) is 8.06. The number of nitrogens with one attached hydrogen (secondary N) is 1. The Morgan fingerprint density at radius 3 is 2.71 bits per heavy atom. The molecule has 1 amide bonds. The molecule has 1 aromatic carbocycles. The second-order valence-corrected chi connectivity index (χ2v) is 5.82. The lowest BCUT2D eigenvalue weighted by molar-refractivity contribution is 0.0819. The highest BCUT2D eigenvalue weighted by molar-refractivity contribution is 9.10. The van der Waals surface area contributed by atoms with Crippen LogP contribution in [0.1, 0.15) is 48.5 Å². The molecule has 92 valence electrons. The lowest BCUT2D eigenvalue weighted by Crippen LogP contribution is -2.53. The van der Waals surface area contributed by atoms with Gasteiger partial charge in [-0.1, -0.05) is 28.9 Å². The summed E-state index contributed by atoms with van der Waals surface area (Å²) in [6.45, 7) is 4.12. The van der Waals surface area contributed by atoms with Crippen LogP contribution in [0.3, 0.4) is 0 Å². The fourth-order valence-electron chi connectivity index (χ4n) is 2.32. The van der Waals surface area contributed by atoms with Crippen LogP contribution < -0.4 is 5.32 Å². The van der Waals surface area contributed by atoms with Gasteiger partial charge in [-0.25, -0.2) is 0 Å². The third kappa shape index (κ3) is 2.54. The number of aryl methyl sites for hydroxylation is 1. The number of benzene rings is 1. The van der Waals surface area contributed by atoms with Gasteiger partial charge in [0.05, 0.1) is 0 Å². The van der Waals surface area contributed by atoms with Crippen LogP contribution in [-0.2, 0) is 0 Å². The number of carbonyl (C=O) groups is 1. The van der Waals surface area contributed by atoms with Crippen molar-refractivity contribution >= 4 is 21.8 Å². The second kappa shape index (κ2) is 4.81. The summed E-state index contributed by atoms with van der Waals surface area (Å²) >= 11 is 3.41. The number of carbonyl (C=O) groups excluding carboxylic acids is 1. The van der Waals surface area contributed by atoms with E-state index in [4.69, 9.17) is 0 Å². The van der Waals surface area contributed by atoms with Gasteiger partial charge >= 0.3 is 0 Å². The van der Waals surface area contributed by atoms with E-state index in [9.17, 15) is 4.79 Å². The molecule has 1 fully saturated rings. The standard InChI is InChI=1S/C14H18BrNO/c1-3-14(7-4-8-14)16-13(17)12-9-11(15)6-5-10(12)2/h5-6,9H,3-4,7-8H2,1-2H3,(H,16,17). The van der Waals surface area contributed by atoms with E-state index in [1.54, 1.807) is 0 Å². The van der Waals surface area contributed by atoms with Crippen LogP contribution >= 0.6 is 15.9 Å². The van der Waals surface area contributed by atoms with Gasteiger partial charge in [0, 0.05) is 15.6 Å². The van der Waals surface area contributed by atoms with Crippen molar-refractivity contribution in [2.75, 3.05) is 0 Å². The molecule has 1 N–H and O–H groups in total. The minimum absolute atomic E-state index is 0.0605. The Morgan fingerprint density at radius 2 is 2.18 bits per heavy atom. The van der Waals surface area contributed by atoms with E-state index in [-0.39, 0.29) is 11.4 Å². The maximum atomic E-state index is 12.3. The molecule has 1 aromatic rings. The molecule has 0 saturated heterocycles. The molecule has 0 aliphatic heterocycles. The van der Waals surface area contributed by atoms with Crippen LogP contribution in [0.4, 0.5) is 0 Å². The van der Waals surface area contributed by atoms with Crippen molar-refractivity contribution in [1.29, 1.82) is 0 Å². The van der Waals surface area contributed by atoms with E-state index in [0.717, 1.165) is 34.9 Å². The lowest BCUT2D eigenvalue weighted by Gasteiger charge is -2.42. The first-order valence-electron chi connectivity index (χ1n) is 6.15. The van der Waals surface area contributed by atoms with Gasteiger partial charge in [-0.2, -0.15) is 0 Å². The van der Waals surface area contributed by atoms with Crippen LogP contribution in [0.5, 0.6) is 0 Å². The molecule has 0 radical (unpaired) electrons. The van der Waals surface area contributed by atoms with Gasteiger partial charge in [-0.05, 0) is 50.3 Å². The first-order valence-corrected chi connectivity index (χ1v) is 6.94. The van der Waals surface area contributed by atoms with E-state index in [1.807, 2.05) is 25.1 Å². The summed E-state index contributed by atoms with van der Waals surface area (Å²) in [4.78, 5) is 12.3. The lowest BCUT2D eigenvalue weighted by atomic mass is 9.74. The van der Waals surface area contributed by atoms with E-state index in [1.165, 1.54) is 6.42 Å². The van der Waals surface area contributed by atoms with Crippen molar-refractivity contribution in [2.45, 2.75) is 45.1 Å². The van der Waals surface area contributed by atoms with E-state index in [0.29, 0.717) is 0 Å². The molecule has 0 atom stereocenters. The molecule has 0 spiro atoms. The Morgan fingerprint density at radius 1 is 1.47 bits per heavy atom. The maximum absolute atomic E-state index is 12.3. The van der Waals surface area contributed by atoms with Crippen LogP contribution in [0.2, 0.25) is 0 Å². The second-order valence-electron chi connectivity index (χ2n) is 4.90. The third-order valence-electron chi connectivity index (χ3n) is 3.81. The minimum Gasteiger partial charge on any atom is -0.347 e. The topological polar surface area (TPSA) is 29.1 Å². The van der Waals surface area contributed by atoms with Crippen LogP contribution in [-0.4, -0.2) is 11.4 Å². The molecule has 1 saturated carbocycles. The predicted octanol–water partition coefficient (Wildman–Crippen LogP) is 3.82. The van der Waals surface area contributed by atoms with E-state index < -0.39 is 0 Å². The first kappa shape index (κ1) is 12.6. The summed E-state index contributed by atoms with van der Waals surface area (Å²) < 4.78 is 0.951. The van der Waals surface area contributed by atoms with Crippen molar-refractivity contribution < 1.29 is 4.79 Å². The van der Waals surface area contributed by atoms with Gasteiger partial charge in [0.1, 0.15) is 0 Å². The molecular weight excluding hydrogens is 278 g/mol. The largest absolute Gasteiger partial charge is 0.347 e. The number of amides is 1. The fraction of sp³-hybridized carbons (Fsp3) is 0.500. The summed E-state index contributed by atoms with van der Waals surface area (Å²) in [6, 6.07) is 5.83. The van der Waals surface area contributed by atoms with Crippen molar-refractivity contribution in [1.82, 2.24) is 5.32 Å². The average Bonchev–Trinajstić information content (AvgIpc) is 2.26. The maximum Gasteiger partial charge on any atom is 0.252 e. The summed E-state index contributed by atoms with van der Waals surface area (Å²) in [7, 11) is 0. The molecule has 0 bridgehead atoms. The highest BCUT2D eigenvalue weighted by atomic mass is 79.9. The molecule has 2 rings (SSSR count). The Hall–Kier alpha value is -0.830. The van der Waals surface area contributed by atoms with Gasteiger partial charge in [0.25, 0.3) is 5.91 Å². The minimum atomic E-state index is 0.0605. The number of halogens is 1. The van der Waals surface area contributed by atoms with Gasteiger partial charge in [-0.3, -0.25) is 4.79 Å². The van der Waals surface area contributed by atoms with Crippen LogP contribution in [0.15, 0.2) is 22.7 Å². The molecule has 3 heteroatoms. The predicted molar refractivity (Wildman–Crippen MR) is 73.2 cm³/mol. The zero-order valence-corrected chi connectivity index (χ0v) is 11.9. The molecule has 0 heterocycles. The summed E-state index contributed by atoms with van der Waals surface area (Å²) in [5, 5.41) is 3.20. The number of hydrogen-bond acceptors (Lipinski definition) is 1.